The minimum absolute atomic E-state index is 0.674. The predicted octanol–water partition coefficient (Wildman–Crippen LogP) is 3.82. The van der Waals surface area contributed by atoms with Gasteiger partial charge in [0.15, 0.2) is 0 Å². The van der Waals surface area contributed by atoms with Gasteiger partial charge in [0.25, 0.3) is 0 Å². The van der Waals surface area contributed by atoms with E-state index < -0.39 is 0 Å². The van der Waals surface area contributed by atoms with Gasteiger partial charge < -0.3 is 0 Å². The Morgan fingerprint density at radius 1 is 0.933 bits per heavy atom. The first kappa shape index (κ1) is 9.94. The molecule has 0 spiro atoms. The van der Waals surface area contributed by atoms with Crippen molar-refractivity contribution in [3.05, 3.63) is 59.1 Å². The lowest BCUT2D eigenvalue weighted by atomic mass is 10.0. The zero-order chi connectivity index (χ0) is 10.7. The van der Waals surface area contributed by atoms with Crippen LogP contribution in [-0.4, -0.2) is 6.29 Å². The predicted molar refractivity (Wildman–Crippen MR) is 62.3 cm³/mol. The molecule has 74 valence electrons. The number of aldehydes is 1. The monoisotopic (exact) mass is 216 g/mol. The fourth-order valence-corrected chi connectivity index (χ4v) is 1.65. The van der Waals surface area contributed by atoms with Gasteiger partial charge in [0.05, 0.1) is 0 Å². The van der Waals surface area contributed by atoms with E-state index in [0.717, 1.165) is 17.4 Å². The Balaban J connectivity index is 2.49. The second-order valence-electron chi connectivity index (χ2n) is 3.25. The van der Waals surface area contributed by atoms with Crippen molar-refractivity contribution in [1.29, 1.82) is 0 Å². The first-order valence-electron chi connectivity index (χ1n) is 4.61. The highest BCUT2D eigenvalue weighted by Gasteiger charge is 1.99. The van der Waals surface area contributed by atoms with Gasteiger partial charge in [-0.05, 0) is 29.3 Å². The van der Waals surface area contributed by atoms with E-state index in [1.807, 2.05) is 42.5 Å². The van der Waals surface area contributed by atoms with E-state index in [1.165, 1.54) is 0 Å². The van der Waals surface area contributed by atoms with Crippen molar-refractivity contribution in [2.45, 2.75) is 0 Å². The number of carbonyl (C=O) groups is 1. The molecule has 2 aromatic carbocycles. The molecule has 0 N–H and O–H groups in total. The molecule has 0 heterocycles. The highest BCUT2D eigenvalue weighted by Crippen LogP contribution is 2.22. The molecule has 0 radical (unpaired) electrons. The van der Waals surface area contributed by atoms with Crippen LogP contribution in [0.5, 0.6) is 0 Å². The van der Waals surface area contributed by atoms with Gasteiger partial charge in [-0.15, -0.1) is 0 Å². The second kappa shape index (κ2) is 4.28. The molecule has 0 atom stereocenters. The molecule has 0 fully saturated rings. The lowest BCUT2D eigenvalue weighted by Crippen LogP contribution is -1.82. The van der Waals surface area contributed by atoms with Crippen molar-refractivity contribution in [3.8, 4) is 11.1 Å². The number of hydrogen-bond donors (Lipinski definition) is 0. The molecule has 0 aliphatic heterocycles. The molecular weight excluding hydrogens is 208 g/mol. The van der Waals surface area contributed by atoms with Crippen molar-refractivity contribution in [2.75, 3.05) is 0 Å². The molecule has 2 rings (SSSR count). The van der Waals surface area contributed by atoms with Gasteiger partial charge in [-0.3, -0.25) is 4.79 Å². The smallest absolute Gasteiger partial charge is 0.150 e. The SMILES string of the molecule is O=Cc1cccc(-c2cccc(Cl)c2)c1. The number of rotatable bonds is 2. The molecule has 1 nitrogen and oxygen atoms in total. The van der Waals surface area contributed by atoms with Crippen molar-refractivity contribution >= 4 is 17.9 Å². The van der Waals surface area contributed by atoms with E-state index in [0.29, 0.717) is 10.6 Å². The molecule has 0 saturated heterocycles. The highest BCUT2D eigenvalue weighted by molar-refractivity contribution is 6.30. The van der Waals surface area contributed by atoms with Crippen molar-refractivity contribution in [1.82, 2.24) is 0 Å². The summed E-state index contributed by atoms with van der Waals surface area (Å²) in [6, 6.07) is 15.0. The van der Waals surface area contributed by atoms with Crippen LogP contribution in [0.25, 0.3) is 11.1 Å². The number of hydrogen-bond acceptors (Lipinski definition) is 1. The summed E-state index contributed by atoms with van der Waals surface area (Å²) in [6.07, 6.45) is 0.841. The van der Waals surface area contributed by atoms with Crippen LogP contribution in [0.15, 0.2) is 48.5 Å². The van der Waals surface area contributed by atoms with Crippen molar-refractivity contribution < 1.29 is 4.79 Å². The molecule has 0 unspecified atom stereocenters. The Kier molecular flexibility index (Phi) is 2.84. The van der Waals surface area contributed by atoms with Gasteiger partial charge in [0.2, 0.25) is 0 Å². The first-order valence-corrected chi connectivity index (χ1v) is 4.98. The third-order valence-corrected chi connectivity index (χ3v) is 2.42. The molecular formula is C13H9ClO. The zero-order valence-corrected chi connectivity index (χ0v) is 8.74. The van der Waals surface area contributed by atoms with Gasteiger partial charge in [-0.25, -0.2) is 0 Å². The summed E-state index contributed by atoms with van der Waals surface area (Å²) in [5.41, 5.74) is 2.70. The molecule has 2 heteroatoms. The third kappa shape index (κ3) is 2.25. The Morgan fingerprint density at radius 2 is 1.60 bits per heavy atom. The maximum atomic E-state index is 10.6. The van der Waals surface area contributed by atoms with E-state index in [2.05, 4.69) is 0 Å². The zero-order valence-electron chi connectivity index (χ0n) is 7.98. The van der Waals surface area contributed by atoms with Gasteiger partial charge in [-0.1, -0.05) is 41.9 Å². The molecule has 2 aromatic rings. The fourth-order valence-electron chi connectivity index (χ4n) is 1.46. The van der Waals surface area contributed by atoms with Crippen LogP contribution in [0.4, 0.5) is 0 Å². The number of benzene rings is 2. The average molecular weight is 217 g/mol. The Bertz CT molecular complexity index is 491. The summed E-state index contributed by atoms with van der Waals surface area (Å²) >= 11 is 5.90. The van der Waals surface area contributed by atoms with Crippen LogP contribution in [0.3, 0.4) is 0 Å². The van der Waals surface area contributed by atoms with Gasteiger partial charge in [-0.2, -0.15) is 0 Å². The summed E-state index contributed by atoms with van der Waals surface area (Å²) < 4.78 is 0. The summed E-state index contributed by atoms with van der Waals surface area (Å²) in [5, 5.41) is 0.698. The van der Waals surface area contributed by atoms with Crippen LogP contribution in [0.2, 0.25) is 5.02 Å². The van der Waals surface area contributed by atoms with Gasteiger partial charge in [0, 0.05) is 10.6 Å². The minimum Gasteiger partial charge on any atom is -0.298 e. The lowest BCUT2D eigenvalue weighted by Gasteiger charge is -2.02. The number of carbonyl (C=O) groups excluding carboxylic acids is 1. The lowest BCUT2D eigenvalue weighted by molar-refractivity contribution is 0.112. The molecule has 15 heavy (non-hydrogen) atoms. The molecule has 0 aromatic heterocycles. The topological polar surface area (TPSA) is 17.1 Å². The summed E-state index contributed by atoms with van der Waals surface area (Å²) in [5.74, 6) is 0. The molecule has 0 aliphatic rings. The normalized spacial score (nSPS) is 9.93. The van der Waals surface area contributed by atoms with E-state index in [1.54, 1.807) is 6.07 Å². The Labute approximate surface area is 93.3 Å². The maximum Gasteiger partial charge on any atom is 0.150 e. The summed E-state index contributed by atoms with van der Waals surface area (Å²) in [7, 11) is 0. The standard InChI is InChI=1S/C13H9ClO/c14-13-6-2-5-12(8-13)11-4-1-3-10(7-11)9-15/h1-9H. The van der Waals surface area contributed by atoms with Crippen LogP contribution in [-0.2, 0) is 0 Å². The molecule has 0 amide bonds. The summed E-state index contributed by atoms with van der Waals surface area (Å²) in [6.45, 7) is 0. The molecule has 0 saturated carbocycles. The Morgan fingerprint density at radius 3 is 2.27 bits per heavy atom. The van der Waals surface area contributed by atoms with E-state index in [4.69, 9.17) is 11.6 Å². The van der Waals surface area contributed by atoms with Gasteiger partial charge in [0.1, 0.15) is 6.29 Å². The maximum absolute atomic E-state index is 10.6. The fraction of sp³-hybridized carbons (Fsp3) is 0. The van der Waals surface area contributed by atoms with Crippen LogP contribution in [0, 0.1) is 0 Å². The van der Waals surface area contributed by atoms with Crippen LogP contribution in [0.1, 0.15) is 10.4 Å². The summed E-state index contributed by atoms with van der Waals surface area (Å²) in [4.78, 5) is 10.6. The third-order valence-electron chi connectivity index (χ3n) is 2.18. The molecule has 0 aliphatic carbocycles. The van der Waals surface area contributed by atoms with Crippen molar-refractivity contribution in [3.63, 3.8) is 0 Å². The number of halogens is 1. The quantitative estimate of drug-likeness (QED) is 0.698. The van der Waals surface area contributed by atoms with Crippen LogP contribution < -0.4 is 0 Å². The average Bonchev–Trinajstić information content (AvgIpc) is 2.29. The Hall–Kier alpha value is -1.60. The highest BCUT2D eigenvalue weighted by atomic mass is 35.5. The van der Waals surface area contributed by atoms with Crippen molar-refractivity contribution in [2.24, 2.45) is 0 Å². The molecule has 0 bridgehead atoms. The largest absolute Gasteiger partial charge is 0.298 e. The first-order chi connectivity index (χ1) is 7.29. The van der Waals surface area contributed by atoms with E-state index in [-0.39, 0.29) is 0 Å². The van der Waals surface area contributed by atoms with E-state index in [9.17, 15) is 4.79 Å². The van der Waals surface area contributed by atoms with E-state index >= 15 is 0 Å². The minimum atomic E-state index is 0.674. The van der Waals surface area contributed by atoms with Crippen LogP contribution >= 0.6 is 11.6 Å². The van der Waals surface area contributed by atoms with Gasteiger partial charge >= 0.3 is 0 Å². The second-order valence-corrected chi connectivity index (χ2v) is 3.69.